The fourth-order valence-corrected chi connectivity index (χ4v) is 3.09. The van der Waals surface area contributed by atoms with Gasteiger partial charge in [0.15, 0.2) is 0 Å². The highest BCUT2D eigenvalue weighted by atomic mass is 16.2. The molecule has 0 spiro atoms. The van der Waals surface area contributed by atoms with Crippen molar-refractivity contribution in [2.75, 3.05) is 32.5 Å². The number of carbonyl (C=O) groups excluding carboxylic acids is 1. The van der Waals surface area contributed by atoms with Crippen LogP contribution in [0.3, 0.4) is 0 Å². The molecule has 3 aromatic rings. The number of likely N-dealkylation sites (N-methyl/N-ethyl adjacent to an activating group) is 1. The van der Waals surface area contributed by atoms with E-state index in [-0.39, 0.29) is 18.1 Å². The van der Waals surface area contributed by atoms with Gasteiger partial charge < -0.3 is 20.1 Å². The summed E-state index contributed by atoms with van der Waals surface area (Å²) in [6.45, 7) is 3.56. The van der Waals surface area contributed by atoms with Crippen LogP contribution in [-0.2, 0) is 6.54 Å². The molecule has 0 bridgehead atoms. The maximum absolute atomic E-state index is 12.9. The molecule has 0 saturated heterocycles. The summed E-state index contributed by atoms with van der Waals surface area (Å²) in [6.07, 6.45) is 0. The number of aromatic nitrogens is 1. The number of pyridine rings is 1. The van der Waals surface area contributed by atoms with Gasteiger partial charge in [-0.3, -0.25) is 4.79 Å². The van der Waals surface area contributed by atoms with Crippen molar-refractivity contribution in [1.82, 2.24) is 9.88 Å². The van der Waals surface area contributed by atoms with Gasteiger partial charge in [0.05, 0.1) is 39.2 Å². The molecule has 0 unspecified atom stereocenters. The van der Waals surface area contributed by atoms with E-state index in [0.717, 1.165) is 28.7 Å². The summed E-state index contributed by atoms with van der Waals surface area (Å²) in [6, 6.07) is 16.9. The molecule has 6 heteroatoms. The number of quaternary nitrogens is 1. The second kappa shape index (κ2) is 8.71. The van der Waals surface area contributed by atoms with Crippen LogP contribution >= 0.6 is 0 Å². The Hall–Kier alpha value is -3.12. The Bertz CT molecular complexity index is 1010. The average molecular weight is 379 g/mol. The lowest BCUT2D eigenvalue weighted by molar-refractivity contribution is -0.857. The molecule has 1 aromatic heterocycles. The maximum Gasteiger partial charge on any atom is 0.322 e. The molecule has 0 fully saturated rings. The monoisotopic (exact) mass is 379 g/mol. The van der Waals surface area contributed by atoms with Crippen molar-refractivity contribution in [1.29, 1.82) is 0 Å². The number of hydrogen-bond donors (Lipinski definition) is 3. The lowest BCUT2D eigenvalue weighted by atomic mass is 10.1. The predicted octanol–water partition coefficient (Wildman–Crippen LogP) is 2.02. The number of urea groups is 1. The summed E-state index contributed by atoms with van der Waals surface area (Å²) in [7, 11) is 4.08. The average Bonchev–Trinajstić information content (AvgIpc) is 2.67. The van der Waals surface area contributed by atoms with Crippen LogP contribution in [0.25, 0.3) is 10.9 Å². The zero-order valence-electron chi connectivity index (χ0n) is 16.6. The molecule has 3 rings (SSSR count). The van der Waals surface area contributed by atoms with Crippen molar-refractivity contribution in [3.63, 3.8) is 0 Å². The number of H-pyrrole nitrogens is 1. The normalized spacial score (nSPS) is 11.0. The fraction of sp³-hybridized carbons (Fsp3) is 0.273. The molecule has 2 aromatic carbocycles. The molecule has 6 nitrogen and oxygen atoms in total. The Morgan fingerprint density at radius 2 is 1.86 bits per heavy atom. The summed E-state index contributed by atoms with van der Waals surface area (Å²) in [5, 5.41) is 3.89. The minimum absolute atomic E-state index is 0.156. The number of carbonyl (C=O) groups is 1. The number of hydrogen-bond acceptors (Lipinski definition) is 2. The highest BCUT2D eigenvalue weighted by Crippen LogP contribution is 2.16. The van der Waals surface area contributed by atoms with Crippen LogP contribution in [-0.4, -0.2) is 43.1 Å². The van der Waals surface area contributed by atoms with Crippen molar-refractivity contribution in [2.24, 2.45) is 0 Å². The minimum atomic E-state index is -0.212. The molecule has 28 heavy (non-hydrogen) atoms. The van der Waals surface area contributed by atoms with E-state index in [1.165, 1.54) is 4.90 Å². The number of aryl methyl sites for hydroxylation is 1. The highest BCUT2D eigenvalue weighted by molar-refractivity contribution is 5.89. The number of nitrogens with zero attached hydrogens (tertiary/aromatic N) is 1. The van der Waals surface area contributed by atoms with E-state index >= 15 is 0 Å². The third-order valence-electron chi connectivity index (χ3n) is 4.72. The SMILES string of the molecule is Cc1cccc2cc(CN(CC[NH+](C)C)C(=O)Nc3ccccc3)c(=O)[nH]c12. The highest BCUT2D eigenvalue weighted by Gasteiger charge is 2.17. The van der Waals surface area contributed by atoms with Gasteiger partial charge in [-0.25, -0.2) is 4.79 Å². The zero-order valence-corrected chi connectivity index (χ0v) is 16.6. The molecule has 2 amide bonds. The Kier molecular flexibility index (Phi) is 6.11. The van der Waals surface area contributed by atoms with Gasteiger partial charge in [0.1, 0.15) is 0 Å². The van der Waals surface area contributed by atoms with E-state index < -0.39 is 0 Å². The third-order valence-corrected chi connectivity index (χ3v) is 4.72. The summed E-state index contributed by atoms with van der Waals surface area (Å²) >= 11 is 0. The van der Waals surface area contributed by atoms with Gasteiger partial charge >= 0.3 is 6.03 Å². The van der Waals surface area contributed by atoms with Gasteiger partial charge in [0.25, 0.3) is 5.56 Å². The predicted molar refractivity (Wildman–Crippen MR) is 113 cm³/mol. The van der Waals surface area contributed by atoms with Crippen molar-refractivity contribution in [2.45, 2.75) is 13.5 Å². The lowest BCUT2D eigenvalue weighted by Crippen LogP contribution is -3.06. The molecular weight excluding hydrogens is 352 g/mol. The summed E-state index contributed by atoms with van der Waals surface area (Å²) in [4.78, 5) is 31.4. The first-order valence-corrected chi connectivity index (χ1v) is 9.45. The van der Waals surface area contributed by atoms with E-state index in [9.17, 15) is 9.59 Å². The summed E-state index contributed by atoms with van der Waals surface area (Å²) in [5.74, 6) is 0. The minimum Gasteiger partial charge on any atom is -0.338 e. The number of anilines is 1. The number of benzene rings is 2. The number of amides is 2. The first-order valence-electron chi connectivity index (χ1n) is 9.45. The number of rotatable bonds is 6. The quantitative estimate of drug-likeness (QED) is 0.613. The molecule has 0 aliphatic carbocycles. The van der Waals surface area contributed by atoms with Crippen molar-refractivity contribution >= 4 is 22.6 Å². The van der Waals surface area contributed by atoms with Gasteiger partial charge in [0.2, 0.25) is 0 Å². The molecule has 0 aliphatic heterocycles. The van der Waals surface area contributed by atoms with Crippen LogP contribution in [0.2, 0.25) is 0 Å². The van der Waals surface area contributed by atoms with Gasteiger partial charge in [0, 0.05) is 11.3 Å². The van der Waals surface area contributed by atoms with Gasteiger partial charge in [-0.15, -0.1) is 0 Å². The van der Waals surface area contributed by atoms with E-state index in [1.54, 1.807) is 4.90 Å². The number of aromatic amines is 1. The van der Waals surface area contributed by atoms with Crippen LogP contribution < -0.4 is 15.8 Å². The Balaban J connectivity index is 1.86. The van der Waals surface area contributed by atoms with Crippen LogP contribution in [0.15, 0.2) is 59.4 Å². The number of nitrogens with one attached hydrogen (secondary N) is 3. The Morgan fingerprint density at radius 1 is 1.11 bits per heavy atom. The van der Waals surface area contributed by atoms with Crippen LogP contribution in [0.5, 0.6) is 0 Å². The Labute approximate surface area is 164 Å². The van der Waals surface area contributed by atoms with Crippen molar-refractivity contribution in [3.05, 3.63) is 76.1 Å². The van der Waals surface area contributed by atoms with E-state index in [0.29, 0.717) is 12.1 Å². The Morgan fingerprint density at radius 3 is 2.57 bits per heavy atom. The fourth-order valence-electron chi connectivity index (χ4n) is 3.09. The van der Waals surface area contributed by atoms with Crippen LogP contribution in [0.4, 0.5) is 10.5 Å². The molecular formula is C22H27N4O2+. The van der Waals surface area contributed by atoms with Crippen molar-refractivity contribution < 1.29 is 9.69 Å². The summed E-state index contributed by atoms with van der Waals surface area (Å²) < 4.78 is 0. The second-order valence-electron chi connectivity index (χ2n) is 7.34. The van der Waals surface area contributed by atoms with Crippen LogP contribution in [0.1, 0.15) is 11.1 Å². The molecule has 1 heterocycles. The zero-order chi connectivity index (χ0) is 20.1. The van der Waals surface area contributed by atoms with E-state index in [2.05, 4.69) is 10.3 Å². The van der Waals surface area contributed by atoms with Gasteiger partial charge in [-0.05, 0) is 36.1 Å². The van der Waals surface area contributed by atoms with E-state index in [4.69, 9.17) is 0 Å². The topological polar surface area (TPSA) is 69.6 Å². The first-order chi connectivity index (χ1) is 13.4. The standard InChI is InChI=1S/C22H26N4O2/c1-16-8-7-9-17-14-18(21(27)24-20(16)17)15-26(13-12-25(2)3)22(28)23-19-10-5-4-6-11-19/h4-11,14H,12-13,15H2,1-3H3,(H,23,28)(H,24,27)/p+1. The van der Waals surface area contributed by atoms with E-state index in [1.807, 2.05) is 75.6 Å². The molecule has 0 atom stereocenters. The third kappa shape index (κ3) is 4.78. The largest absolute Gasteiger partial charge is 0.338 e. The smallest absolute Gasteiger partial charge is 0.322 e. The van der Waals surface area contributed by atoms with Gasteiger partial charge in [-0.1, -0.05) is 36.4 Å². The first kappa shape index (κ1) is 19.6. The lowest BCUT2D eigenvalue weighted by Gasteiger charge is -2.23. The van der Waals surface area contributed by atoms with Crippen molar-refractivity contribution in [3.8, 4) is 0 Å². The molecule has 0 radical (unpaired) electrons. The second-order valence-corrected chi connectivity index (χ2v) is 7.34. The number of fused-ring (bicyclic) bond motifs is 1. The molecule has 0 aliphatic rings. The maximum atomic E-state index is 12.9. The van der Waals surface area contributed by atoms with Crippen LogP contribution in [0, 0.1) is 6.92 Å². The number of para-hydroxylation sites is 2. The molecule has 3 N–H and O–H groups in total. The molecule has 0 saturated carbocycles. The summed E-state index contributed by atoms with van der Waals surface area (Å²) in [5.41, 5.74) is 3.02. The van der Waals surface area contributed by atoms with Gasteiger partial charge in [-0.2, -0.15) is 0 Å². The molecule has 146 valence electrons.